The minimum atomic E-state index is -0.0917. The van der Waals surface area contributed by atoms with Gasteiger partial charge in [-0.2, -0.15) is 0 Å². The number of nitrogens with one attached hydrogen (secondary N) is 1. The number of rotatable bonds is 5. The van der Waals surface area contributed by atoms with Gasteiger partial charge >= 0.3 is 0 Å². The van der Waals surface area contributed by atoms with Gasteiger partial charge in [0.05, 0.1) is 24.5 Å². The largest absolute Gasteiger partial charge is 0.379 e. The van der Waals surface area contributed by atoms with E-state index in [1.807, 2.05) is 6.92 Å². The Morgan fingerprint density at radius 2 is 1.96 bits per heavy atom. The standard InChI is InChI=1S/C17H27N5O2/c1-14-15(13-19-17(20-14)22-6-3-2-4-7-22)16(23)18-5-8-21-9-11-24-12-10-21/h13H,2-12H2,1H3,(H,18,23). The molecule has 24 heavy (non-hydrogen) atoms. The number of amides is 1. The van der Waals surface area contributed by atoms with Crippen LogP contribution in [0.2, 0.25) is 0 Å². The number of nitrogens with zero attached hydrogens (tertiary/aromatic N) is 4. The molecule has 2 saturated heterocycles. The number of carbonyl (C=O) groups is 1. The Morgan fingerprint density at radius 3 is 2.67 bits per heavy atom. The van der Waals surface area contributed by atoms with Gasteiger partial charge in [-0.1, -0.05) is 0 Å². The zero-order valence-electron chi connectivity index (χ0n) is 14.5. The number of morpholine rings is 1. The molecule has 2 aliphatic heterocycles. The summed E-state index contributed by atoms with van der Waals surface area (Å²) in [6, 6.07) is 0. The van der Waals surface area contributed by atoms with Gasteiger partial charge < -0.3 is 15.0 Å². The summed E-state index contributed by atoms with van der Waals surface area (Å²) in [6.45, 7) is 8.79. The lowest BCUT2D eigenvalue weighted by Crippen LogP contribution is -2.41. The van der Waals surface area contributed by atoms with Crippen molar-refractivity contribution in [2.45, 2.75) is 26.2 Å². The molecule has 3 rings (SSSR count). The maximum absolute atomic E-state index is 12.3. The van der Waals surface area contributed by atoms with E-state index in [-0.39, 0.29) is 5.91 Å². The topological polar surface area (TPSA) is 70.6 Å². The molecule has 1 aromatic heterocycles. The van der Waals surface area contributed by atoms with Crippen molar-refractivity contribution in [3.63, 3.8) is 0 Å². The Hall–Kier alpha value is -1.73. The summed E-state index contributed by atoms with van der Waals surface area (Å²) in [6.07, 6.45) is 5.31. The van der Waals surface area contributed by atoms with Crippen molar-refractivity contribution in [2.75, 3.05) is 57.4 Å². The van der Waals surface area contributed by atoms with Gasteiger partial charge in [-0.05, 0) is 26.2 Å². The first kappa shape index (κ1) is 17.1. The highest BCUT2D eigenvalue weighted by Gasteiger charge is 2.17. The number of aryl methyl sites for hydroxylation is 1. The summed E-state index contributed by atoms with van der Waals surface area (Å²) in [5.41, 5.74) is 1.31. The van der Waals surface area contributed by atoms with Crippen LogP contribution in [0.15, 0.2) is 6.20 Å². The smallest absolute Gasteiger partial charge is 0.254 e. The minimum absolute atomic E-state index is 0.0917. The fraction of sp³-hybridized carbons (Fsp3) is 0.706. The second-order valence-electron chi connectivity index (χ2n) is 6.43. The fourth-order valence-electron chi connectivity index (χ4n) is 3.17. The van der Waals surface area contributed by atoms with E-state index in [1.54, 1.807) is 6.20 Å². The number of hydrogen-bond acceptors (Lipinski definition) is 6. The molecule has 0 atom stereocenters. The van der Waals surface area contributed by atoms with Gasteiger partial charge in [0.1, 0.15) is 0 Å². The van der Waals surface area contributed by atoms with Crippen LogP contribution in [0.4, 0.5) is 5.95 Å². The molecule has 1 amide bonds. The fourth-order valence-corrected chi connectivity index (χ4v) is 3.17. The first-order chi connectivity index (χ1) is 11.7. The molecular formula is C17H27N5O2. The van der Waals surface area contributed by atoms with E-state index in [4.69, 9.17) is 4.74 Å². The predicted molar refractivity (Wildman–Crippen MR) is 92.4 cm³/mol. The summed E-state index contributed by atoms with van der Waals surface area (Å²) in [4.78, 5) is 25.8. The minimum Gasteiger partial charge on any atom is -0.379 e. The first-order valence-corrected chi connectivity index (χ1v) is 8.91. The lowest BCUT2D eigenvalue weighted by atomic mass is 10.1. The molecule has 3 heterocycles. The first-order valence-electron chi connectivity index (χ1n) is 8.91. The van der Waals surface area contributed by atoms with E-state index in [2.05, 4.69) is 25.1 Å². The molecule has 2 aliphatic rings. The van der Waals surface area contributed by atoms with Crippen LogP contribution in [0.25, 0.3) is 0 Å². The van der Waals surface area contributed by atoms with E-state index in [1.165, 1.54) is 19.3 Å². The van der Waals surface area contributed by atoms with Crippen molar-refractivity contribution >= 4 is 11.9 Å². The zero-order valence-corrected chi connectivity index (χ0v) is 14.5. The van der Waals surface area contributed by atoms with Crippen LogP contribution in [0.1, 0.15) is 35.3 Å². The molecular weight excluding hydrogens is 306 g/mol. The quantitative estimate of drug-likeness (QED) is 0.861. The summed E-state index contributed by atoms with van der Waals surface area (Å²) >= 11 is 0. The van der Waals surface area contributed by atoms with Crippen molar-refractivity contribution < 1.29 is 9.53 Å². The van der Waals surface area contributed by atoms with Gasteiger partial charge in [0, 0.05) is 45.5 Å². The maximum atomic E-state index is 12.3. The predicted octanol–water partition coefficient (Wildman–Crippen LogP) is 0.837. The SMILES string of the molecule is Cc1nc(N2CCCCC2)ncc1C(=O)NCCN1CCOCC1. The number of hydrogen-bond donors (Lipinski definition) is 1. The third-order valence-corrected chi connectivity index (χ3v) is 4.67. The van der Waals surface area contributed by atoms with E-state index in [0.717, 1.165) is 57.6 Å². The van der Waals surface area contributed by atoms with Crippen LogP contribution in [0.3, 0.4) is 0 Å². The third-order valence-electron chi connectivity index (χ3n) is 4.67. The van der Waals surface area contributed by atoms with Crippen LogP contribution in [0.5, 0.6) is 0 Å². The lowest BCUT2D eigenvalue weighted by Gasteiger charge is -2.27. The number of aromatic nitrogens is 2. The zero-order chi connectivity index (χ0) is 16.8. The van der Waals surface area contributed by atoms with Gasteiger partial charge in [0.15, 0.2) is 0 Å². The molecule has 2 fully saturated rings. The van der Waals surface area contributed by atoms with Crippen LogP contribution < -0.4 is 10.2 Å². The molecule has 0 bridgehead atoms. The summed E-state index contributed by atoms with van der Waals surface area (Å²) < 4.78 is 5.32. The van der Waals surface area contributed by atoms with Gasteiger partial charge in [0.25, 0.3) is 5.91 Å². The van der Waals surface area contributed by atoms with E-state index in [0.29, 0.717) is 12.1 Å². The highest BCUT2D eigenvalue weighted by Crippen LogP contribution is 2.16. The van der Waals surface area contributed by atoms with E-state index in [9.17, 15) is 4.79 Å². The number of anilines is 1. The monoisotopic (exact) mass is 333 g/mol. The average Bonchev–Trinajstić information content (AvgIpc) is 2.63. The molecule has 0 spiro atoms. The van der Waals surface area contributed by atoms with Crippen molar-refractivity contribution in [2.24, 2.45) is 0 Å². The Bertz CT molecular complexity index is 554. The van der Waals surface area contributed by atoms with Crippen molar-refractivity contribution in [3.05, 3.63) is 17.5 Å². The summed E-state index contributed by atoms with van der Waals surface area (Å²) in [5, 5.41) is 2.97. The molecule has 7 heteroatoms. The summed E-state index contributed by atoms with van der Waals surface area (Å²) in [5.74, 6) is 0.656. The Labute approximate surface area is 143 Å². The van der Waals surface area contributed by atoms with Crippen molar-refractivity contribution in [1.29, 1.82) is 0 Å². The highest BCUT2D eigenvalue weighted by molar-refractivity contribution is 5.94. The van der Waals surface area contributed by atoms with E-state index >= 15 is 0 Å². The molecule has 0 saturated carbocycles. The molecule has 132 valence electrons. The van der Waals surface area contributed by atoms with Crippen molar-refractivity contribution in [3.8, 4) is 0 Å². The lowest BCUT2D eigenvalue weighted by molar-refractivity contribution is 0.0383. The van der Waals surface area contributed by atoms with Gasteiger partial charge in [0.2, 0.25) is 5.95 Å². The normalized spacial score (nSPS) is 19.3. The molecule has 0 aliphatic carbocycles. The molecule has 0 aromatic carbocycles. The molecule has 1 aromatic rings. The van der Waals surface area contributed by atoms with Crippen molar-refractivity contribution in [1.82, 2.24) is 20.2 Å². The second kappa shape index (κ2) is 8.39. The number of piperidine rings is 1. The highest BCUT2D eigenvalue weighted by atomic mass is 16.5. The van der Waals surface area contributed by atoms with Crippen LogP contribution in [-0.4, -0.2) is 73.3 Å². The Balaban J connectivity index is 1.52. The Kier molecular flexibility index (Phi) is 5.98. The molecule has 7 nitrogen and oxygen atoms in total. The second-order valence-corrected chi connectivity index (χ2v) is 6.43. The molecule has 0 radical (unpaired) electrons. The van der Waals surface area contributed by atoms with E-state index < -0.39 is 0 Å². The number of carbonyl (C=O) groups excluding carboxylic acids is 1. The van der Waals surface area contributed by atoms with Crippen LogP contribution in [0, 0.1) is 6.92 Å². The van der Waals surface area contributed by atoms with Gasteiger partial charge in [-0.25, -0.2) is 9.97 Å². The third kappa shape index (κ3) is 4.42. The van der Waals surface area contributed by atoms with Crippen LogP contribution >= 0.6 is 0 Å². The molecule has 1 N–H and O–H groups in total. The average molecular weight is 333 g/mol. The van der Waals surface area contributed by atoms with Gasteiger partial charge in [-0.15, -0.1) is 0 Å². The summed E-state index contributed by atoms with van der Waals surface area (Å²) in [7, 11) is 0. The Morgan fingerprint density at radius 1 is 1.21 bits per heavy atom. The maximum Gasteiger partial charge on any atom is 0.254 e. The van der Waals surface area contributed by atoms with Crippen LogP contribution in [-0.2, 0) is 4.74 Å². The number of ether oxygens (including phenoxy) is 1. The molecule has 0 unspecified atom stereocenters. The van der Waals surface area contributed by atoms with Gasteiger partial charge in [-0.3, -0.25) is 9.69 Å².